The molecule has 0 spiro atoms. The summed E-state index contributed by atoms with van der Waals surface area (Å²) in [5.41, 5.74) is 2.99. The number of hydrogen-bond acceptors (Lipinski definition) is 4. The molecule has 2 aliphatic rings. The van der Waals surface area contributed by atoms with Crippen molar-refractivity contribution in [2.75, 3.05) is 11.9 Å². The SMILES string of the molecule is CC1CC(OC(=O)c2ccc3c(c2)CCN3)CC(C)O1. The van der Waals surface area contributed by atoms with Gasteiger partial charge in [0.05, 0.1) is 17.8 Å². The van der Waals surface area contributed by atoms with Gasteiger partial charge in [-0.15, -0.1) is 0 Å². The van der Waals surface area contributed by atoms with Crippen molar-refractivity contribution < 1.29 is 14.3 Å². The fourth-order valence-corrected chi connectivity index (χ4v) is 3.09. The smallest absolute Gasteiger partial charge is 0.338 e. The molecule has 2 aliphatic heterocycles. The topological polar surface area (TPSA) is 47.6 Å². The molecule has 2 unspecified atom stereocenters. The van der Waals surface area contributed by atoms with Gasteiger partial charge in [-0.05, 0) is 44.0 Å². The first kappa shape index (κ1) is 13.4. The number of nitrogens with one attached hydrogen (secondary N) is 1. The van der Waals surface area contributed by atoms with Gasteiger partial charge in [-0.3, -0.25) is 0 Å². The summed E-state index contributed by atoms with van der Waals surface area (Å²) in [4.78, 5) is 12.2. The predicted octanol–water partition coefficient (Wildman–Crippen LogP) is 2.77. The van der Waals surface area contributed by atoms with Crippen LogP contribution in [0.2, 0.25) is 0 Å². The number of fused-ring (bicyclic) bond motifs is 1. The quantitative estimate of drug-likeness (QED) is 0.843. The van der Waals surface area contributed by atoms with Crippen molar-refractivity contribution in [2.24, 2.45) is 0 Å². The average molecular weight is 275 g/mol. The summed E-state index contributed by atoms with van der Waals surface area (Å²) < 4.78 is 11.3. The van der Waals surface area contributed by atoms with E-state index < -0.39 is 0 Å². The number of rotatable bonds is 2. The molecule has 4 heteroatoms. The molecule has 0 bridgehead atoms. The van der Waals surface area contributed by atoms with Crippen LogP contribution in [-0.2, 0) is 15.9 Å². The second-order valence-corrected chi connectivity index (χ2v) is 5.80. The number of carbonyl (C=O) groups excluding carboxylic acids is 1. The number of anilines is 1. The molecule has 2 heterocycles. The molecule has 1 aromatic carbocycles. The van der Waals surface area contributed by atoms with Crippen molar-refractivity contribution >= 4 is 11.7 Å². The minimum atomic E-state index is -0.217. The van der Waals surface area contributed by atoms with Gasteiger partial charge in [-0.2, -0.15) is 0 Å². The molecular formula is C16H21NO3. The molecule has 2 atom stereocenters. The Morgan fingerprint density at radius 2 is 2.05 bits per heavy atom. The molecule has 1 saturated heterocycles. The standard InChI is InChI=1S/C16H21NO3/c1-10-7-14(8-11(2)19-10)20-16(18)13-3-4-15-12(9-13)5-6-17-15/h3-4,9-11,14,17H,5-8H2,1-2H3. The van der Waals surface area contributed by atoms with Gasteiger partial charge in [0.25, 0.3) is 0 Å². The first-order valence-electron chi connectivity index (χ1n) is 7.35. The van der Waals surface area contributed by atoms with Crippen LogP contribution in [0.15, 0.2) is 18.2 Å². The largest absolute Gasteiger partial charge is 0.459 e. The van der Waals surface area contributed by atoms with Gasteiger partial charge in [0.2, 0.25) is 0 Å². The Morgan fingerprint density at radius 1 is 1.30 bits per heavy atom. The molecule has 1 aromatic rings. The Labute approximate surface area is 119 Å². The van der Waals surface area contributed by atoms with Crippen LogP contribution in [0.1, 0.15) is 42.6 Å². The van der Waals surface area contributed by atoms with Crippen LogP contribution < -0.4 is 5.32 Å². The lowest BCUT2D eigenvalue weighted by Gasteiger charge is -2.31. The molecule has 3 rings (SSSR count). The van der Waals surface area contributed by atoms with E-state index in [1.807, 2.05) is 32.0 Å². The number of carbonyl (C=O) groups is 1. The zero-order valence-corrected chi connectivity index (χ0v) is 12.0. The summed E-state index contributed by atoms with van der Waals surface area (Å²) in [5, 5.41) is 3.29. The first-order chi connectivity index (χ1) is 9.61. The first-order valence-corrected chi connectivity index (χ1v) is 7.35. The van der Waals surface area contributed by atoms with E-state index in [1.54, 1.807) is 0 Å². The van der Waals surface area contributed by atoms with Crippen molar-refractivity contribution in [1.29, 1.82) is 0 Å². The van der Waals surface area contributed by atoms with Crippen molar-refractivity contribution in [3.05, 3.63) is 29.3 Å². The normalized spacial score (nSPS) is 28.6. The van der Waals surface area contributed by atoms with E-state index in [0.717, 1.165) is 31.5 Å². The van der Waals surface area contributed by atoms with E-state index in [2.05, 4.69) is 5.32 Å². The third kappa shape index (κ3) is 2.80. The molecular weight excluding hydrogens is 254 g/mol. The van der Waals surface area contributed by atoms with Gasteiger partial charge in [-0.25, -0.2) is 4.79 Å². The van der Waals surface area contributed by atoms with E-state index in [4.69, 9.17) is 9.47 Å². The molecule has 0 saturated carbocycles. The molecule has 0 amide bonds. The Kier molecular flexibility index (Phi) is 3.66. The number of esters is 1. The Morgan fingerprint density at radius 3 is 2.80 bits per heavy atom. The average Bonchev–Trinajstić information content (AvgIpc) is 2.84. The Balaban J connectivity index is 1.67. The molecule has 108 valence electrons. The van der Waals surface area contributed by atoms with Crippen molar-refractivity contribution in [1.82, 2.24) is 0 Å². The predicted molar refractivity (Wildman–Crippen MR) is 77.1 cm³/mol. The van der Waals surface area contributed by atoms with E-state index >= 15 is 0 Å². The van der Waals surface area contributed by atoms with Crippen molar-refractivity contribution in [3.63, 3.8) is 0 Å². The fourth-order valence-electron chi connectivity index (χ4n) is 3.09. The molecule has 1 fully saturated rings. The maximum absolute atomic E-state index is 12.2. The van der Waals surface area contributed by atoms with Crippen LogP contribution in [-0.4, -0.2) is 30.8 Å². The minimum Gasteiger partial charge on any atom is -0.459 e. The minimum absolute atomic E-state index is 0.0346. The molecule has 4 nitrogen and oxygen atoms in total. The van der Waals surface area contributed by atoms with Crippen molar-refractivity contribution in [2.45, 2.75) is 51.4 Å². The lowest BCUT2D eigenvalue weighted by Crippen LogP contribution is -2.35. The highest BCUT2D eigenvalue weighted by Gasteiger charge is 2.27. The van der Waals surface area contributed by atoms with E-state index in [-0.39, 0.29) is 24.3 Å². The lowest BCUT2D eigenvalue weighted by molar-refractivity contribution is -0.0855. The van der Waals surface area contributed by atoms with Gasteiger partial charge in [0.1, 0.15) is 6.10 Å². The monoisotopic (exact) mass is 275 g/mol. The summed E-state index contributed by atoms with van der Waals surface area (Å²) in [7, 11) is 0. The van der Waals surface area contributed by atoms with Gasteiger partial charge < -0.3 is 14.8 Å². The van der Waals surface area contributed by atoms with Crippen LogP contribution in [0.4, 0.5) is 5.69 Å². The van der Waals surface area contributed by atoms with Crippen LogP contribution in [0, 0.1) is 0 Å². The zero-order valence-electron chi connectivity index (χ0n) is 12.0. The lowest BCUT2D eigenvalue weighted by atomic mass is 10.0. The molecule has 0 aliphatic carbocycles. The number of benzene rings is 1. The zero-order chi connectivity index (χ0) is 14.1. The van der Waals surface area contributed by atoms with Crippen LogP contribution in [0.3, 0.4) is 0 Å². The van der Waals surface area contributed by atoms with Crippen LogP contribution in [0.25, 0.3) is 0 Å². The summed E-state index contributed by atoms with van der Waals surface area (Å²) in [6, 6.07) is 5.75. The van der Waals surface area contributed by atoms with E-state index in [1.165, 1.54) is 5.56 Å². The van der Waals surface area contributed by atoms with Gasteiger partial charge in [-0.1, -0.05) is 0 Å². The third-order valence-electron chi connectivity index (χ3n) is 3.98. The number of ether oxygens (including phenoxy) is 2. The summed E-state index contributed by atoms with van der Waals surface area (Å²) in [6.07, 6.45) is 2.81. The maximum atomic E-state index is 12.2. The van der Waals surface area contributed by atoms with Gasteiger partial charge in [0, 0.05) is 25.1 Å². The van der Waals surface area contributed by atoms with Crippen molar-refractivity contribution in [3.8, 4) is 0 Å². The molecule has 1 N–H and O–H groups in total. The maximum Gasteiger partial charge on any atom is 0.338 e. The van der Waals surface area contributed by atoms with E-state index in [9.17, 15) is 4.79 Å². The summed E-state index contributed by atoms with van der Waals surface area (Å²) in [6.45, 7) is 5.00. The highest BCUT2D eigenvalue weighted by Crippen LogP contribution is 2.25. The molecule has 0 aromatic heterocycles. The number of hydrogen-bond donors (Lipinski definition) is 1. The third-order valence-corrected chi connectivity index (χ3v) is 3.98. The molecule has 20 heavy (non-hydrogen) atoms. The molecule has 0 radical (unpaired) electrons. The summed E-state index contributed by atoms with van der Waals surface area (Å²) in [5.74, 6) is -0.217. The second kappa shape index (κ2) is 5.44. The Bertz CT molecular complexity index is 504. The highest BCUT2D eigenvalue weighted by atomic mass is 16.6. The second-order valence-electron chi connectivity index (χ2n) is 5.80. The fraction of sp³-hybridized carbons (Fsp3) is 0.562. The van der Waals surface area contributed by atoms with Crippen LogP contribution in [0.5, 0.6) is 0 Å². The van der Waals surface area contributed by atoms with Gasteiger partial charge in [0.15, 0.2) is 0 Å². The van der Waals surface area contributed by atoms with Crippen LogP contribution >= 0.6 is 0 Å². The van der Waals surface area contributed by atoms with Gasteiger partial charge >= 0.3 is 5.97 Å². The Hall–Kier alpha value is -1.55. The van der Waals surface area contributed by atoms with E-state index in [0.29, 0.717) is 5.56 Å². The highest BCUT2D eigenvalue weighted by molar-refractivity contribution is 5.90. The summed E-state index contributed by atoms with van der Waals surface area (Å²) >= 11 is 0.